The number of nitrogens with one attached hydrogen (secondary N) is 1. The second-order valence-corrected chi connectivity index (χ2v) is 12.5. The van der Waals surface area contributed by atoms with Crippen LogP contribution in [0.25, 0.3) is 5.65 Å². The molecule has 2 fully saturated rings. The lowest BCUT2D eigenvalue weighted by Crippen LogP contribution is -2.41. The highest BCUT2D eigenvalue weighted by Crippen LogP contribution is 2.41. The Bertz CT molecular complexity index is 1660. The maximum atomic E-state index is 14.5. The summed E-state index contributed by atoms with van der Waals surface area (Å²) in [6.07, 6.45) is 7.82. The van der Waals surface area contributed by atoms with Crippen molar-refractivity contribution in [1.82, 2.24) is 19.1 Å². The quantitative estimate of drug-likeness (QED) is 0.323. The van der Waals surface area contributed by atoms with Gasteiger partial charge >= 0.3 is 10.2 Å². The normalized spacial score (nSPS) is 18.1. The summed E-state index contributed by atoms with van der Waals surface area (Å²) in [5.74, 6) is -0.499. The minimum atomic E-state index is -4.20. The smallest absolute Gasteiger partial charge is 0.328 e. The predicted octanol–water partition coefficient (Wildman–Crippen LogP) is 3.94. The monoisotopic (exact) mass is 600 g/mol. The molecule has 1 atom stereocenters. The molecule has 41 heavy (non-hydrogen) atoms. The summed E-state index contributed by atoms with van der Waals surface area (Å²) in [6.45, 7) is 1.99. The number of benzene rings is 1. The highest BCUT2D eigenvalue weighted by molar-refractivity contribution is 7.91. The number of anilines is 2. The Hall–Kier alpha value is -3.75. The first-order chi connectivity index (χ1) is 19.8. The molecule has 1 aromatic carbocycles. The van der Waals surface area contributed by atoms with Crippen LogP contribution in [0, 0.1) is 5.82 Å². The third-order valence-corrected chi connectivity index (χ3v) is 9.67. The van der Waals surface area contributed by atoms with E-state index in [-0.39, 0.29) is 28.8 Å². The van der Waals surface area contributed by atoms with Crippen LogP contribution in [-0.2, 0) is 14.9 Å². The van der Waals surface area contributed by atoms with Crippen LogP contribution in [0.2, 0.25) is 0 Å². The molecule has 0 aliphatic carbocycles. The molecule has 4 aromatic rings. The molecule has 6 rings (SSSR count). The highest BCUT2D eigenvalue weighted by atomic mass is 32.2. The Kier molecular flexibility index (Phi) is 7.53. The van der Waals surface area contributed by atoms with Gasteiger partial charge in [-0.15, -0.1) is 11.3 Å². The van der Waals surface area contributed by atoms with Gasteiger partial charge in [-0.05, 0) is 43.2 Å². The number of amides is 1. The van der Waals surface area contributed by atoms with E-state index in [0.29, 0.717) is 31.2 Å². The molecule has 3 aromatic heterocycles. The molecule has 1 N–H and O–H groups in total. The molecule has 216 valence electrons. The molecule has 2 saturated heterocycles. The molecular weight excluding hydrogens is 571 g/mol. The molecule has 5 heterocycles. The van der Waals surface area contributed by atoms with Crippen molar-refractivity contribution < 1.29 is 27.1 Å². The Labute approximate surface area is 240 Å². The van der Waals surface area contributed by atoms with Gasteiger partial charge in [-0.2, -0.15) is 8.42 Å². The number of aromatic nitrogens is 3. The van der Waals surface area contributed by atoms with E-state index < -0.39 is 16.1 Å². The molecular formula is C27H29FN6O5S2. The summed E-state index contributed by atoms with van der Waals surface area (Å²) >= 11 is 1.13. The zero-order chi connectivity index (χ0) is 28.6. The lowest BCUT2D eigenvalue weighted by Gasteiger charge is -2.30. The van der Waals surface area contributed by atoms with Crippen molar-refractivity contribution >= 4 is 43.9 Å². The van der Waals surface area contributed by atoms with Crippen LogP contribution >= 0.6 is 11.3 Å². The van der Waals surface area contributed by atoms with Gasteiger partial charge in [0.25, 0.3) is 5.91 Å². The van der Waals surface area contributed by atoms with Gasteiger partial charge in [-0.3, -0.25) is 9.20 Å². The molecule has 0 bridgehead atoms. The fourth-order valence-corrected chi connectivity index (χ4v) is 6.94. The number of thiazole rings is 1. The SMILES string of the molecule is CN(c1nccs1)S(=O)(=O)NC(=O)c1cnc2ccc(N3CCCC3c3cc(F)ccc3OC3CCOCC3)cn12. The molecule has 2 aliphatic rings. The largest absolute Gasteiger partial charge is 0.490 e. The van der Waals surface area contributed by atoms with E-state index >= 15 is 0 Å². The molecule has 0 saturated carbocycles. The van der Waals surface area contributed by atoms with Gasteiger partial charge in [0.1, 0.15) is 29.0 Å². The number of rotatable bonds is 8. The predicted molar refractivity (Wildman–Crippen MR) is 152 cm³/mol. The number of ether oxygens (including phenoxy) is 2. The number of carbonyl (C=O) groups is 1. The Balaban J connectivity index is 1.27. The summed E-state index contributed by atoms with van der Waals surface area (Å²) in [7, 11) is -2.88. The first-order valence-electron chi connectivity index (χ1n) is 13.3. The molecule has 0 radical (unpaired) electrons. The first-order valence-corrected chi connectivity index (χ1v) is 15.6. The van der Waals surface area contributed by atoms with E-state index in [4.69, 9.17) is 9.47 Å². The van der Waals surface area contributed by atoms with Crippen molar-refractivity contribution in [2.24, 2.45) is 0 Å². The molecule has 1 unspecified atom stereocenters. The van der Waals surface area contributed by atoms with Crippen LogP contribution in [0.1, 0.15) is 47.8 Å². The van der Waals surface area contributed by atoms with Gasteiger partial charge in [0.2, 0.25) is 0 Å². The first kappa shape index (κ1) is 27.4. The molecule has 0 spiro atoms. The molecule has 11 nitrogen and oxygen atoms in total. The van der Waals surface area contributed by atoms with Crippen LogP contribution in [-0.4, -0.2) is 61.6 Å². The standard InChI is InChI=1S/C27H29FN6O5S2/c1-32(27-29-10-14-40-27)41(36,37)31-26(35)23-16-30-25-7-5-19(17-34(23)25)33-11-2-3-22(33)21-15-18(28)4-6-24(21)39-20-8-12-38-13-9-20/h4-7,10,14-17,20,22H,2-3,8-9,11-13H2,1H3,(H,31,35). The van der Waals surface area contributed by atoms with Gasteiger partial charge in [0.05, 0.1) is 31.1 Å². The van der Waals surface area contributed by atoms with E-state index in [0.717, 1.165) is 52.6 Å². The maximum Gasteiger partial charge on any atom is 0.328 e. The zero-order valence-corrected chi connectivity index (χ0v) is 23.9. The van der Waals surface area contributed by atoms with Crippen molar-refractivity contribution in [2.75, 3.05) is 36.0 Å². The Morgan fingerprint density at radius 2 is 2.02 bits per heavy atom. The summed E-state index contributed by atoms with van der Waals surface area (Å²) < 4.78 is 56.5. The number of hydrogen-bond donors (Lipinski definition) is 1. The summed E-state index contributed by atoms with van der Waals surface area (Å²) in [5, 5.41) is 1.87. The number of halogens is 1. The Morgan fingerprint density at radius 3 is 2.80 bits per heavy atom. The van der Waals surface area contributed by atoms with Crippen LogP contribution in [0.5, 0.6) is 5.75 Å². The van der Waals surface area contributed by atoms with Gasteiger partial charge in [0.15, 0.2) is 5.13 Å². The second kappa shape index (κ2) is 11.3. The summed E-state index contributed by atoms with van der Waals surface area (Å²) in [5.41, 5.74) is 2.10. The fraction of sp³-hybridized carbons (Fsp3) is 0.370. The van der Waals surface area contributed by atoms with Crippen molar-refractivity contribution in [2.45, 2.75) is 37.8 Å². The molecule has 2 aliphatic heterocycles. The molecule has 1 amide bonds. The summed E-state index contributed by atoms with van der Waals surface area (Å²) in [6, 6.07) is 8.17. The van der Waals surface area contributed by atoms with Crippen LogP contribution < -0.4 is 18.7 Å². The number of nitrogens with zero attached hydrogens (tertiary/aromatic N) is 5. The van der Waals surface area contributed by atoms with E-state index in [1.54, 1.807) is 28.1 Å². The third kappa shape index (κ3) is 5.59. The van der Waals surface area contributed by atoms with Crippen molar-refractivity contribution in [3.8, 4) is 5.75 Å². The highest BCUT2D eigenvalue weighted by Gasteiger charge is 2.31. The number of imidazole rings is 1. The maximum absolute atomic E-state index is 14.5. The lowest BCUT2D eigenvalue weighted by atomic mass is 10.0. The number of hydrogen-bond acceptors (Lipinski definition) is 9. The second-order valence-electron chi connectivity index (χ2n) is 9.94. The topological polar surface area (TPSA) is 118 Å². The lowest BCUT2D eigenvalue weighted by molar-refractivity contribution is 0.0250. The van der Waals surface area contributed by atoms with Gasteiger partial charge in [-0.1, -0.05) is 0 Å². The average Bonchev–Trinajstić information content (AvgIpc) is 3.74. The average molecular weight is 601 g/mol. The number of fused-ring (bicyclic) bond motifs is 1. The van der Waals surface area contributed by atoms with Crippen LogP contribution in [0.15, 0.2) is 54.3 Å². The van der Waals surface area contributed by atoms with E-state index in [1.807, 2.05) is 6.07 Å². The zero-order valence-electron chi connectivity index (χ0n) is 22.3. The Morgan fingerprint density at radius 1 is 1.20 bits per heavy atom. The van der Waals surface area contributed by atoms with Gasteiger partial charge in [0, 0.05) is 49.8 Å². The van der Waals surface area contributed by atoms with Gasteiger partial charge < -0.3 is 14.4 Å². The van der Waals surface area contributed by atoms with Crippen molar-refractivity contribution in [1.29, 1.82) is 0 Å². The van der Waals surface area contributed by atoms with E-state index in [1.165, 1.54) is 31.6 Å². The van der Waals surface area contributed by atoms with Crippen molar-refractivity contribution in [3.63, 3.8) is 0 Å². The third-order valence-electron chi connectivity index (χ3n) is 7.37. The fourth-order valence-electron chi connectivity index (χ4n) is 5.28. The number of pyridine rings is 1. The van der Waals surface area contributed by atoms with Crippen molar-refractivity contribution in [3.05, 3.63) is 71.4 Å². The number of carbonyl (C=O) groups excluding carboxylic acids is 1. The summed E-state index contributed by atoms with van der Waals surface area (Å²) in [4.78, 5) is 23.5. The minimum absolute atomic E-state index is 0.0112. The van der Waals surface area contributed by atoms with E-state index in [2.05, 4.69) is 19.6 Å². The van der Waals surface area contributed by atoms with Crippen LogP contribution in [0.4, 0.5) is 15.2 Å². The van der Waals surface area contributed by atoms with Crippen LogP contribution in [0.3, 0.4) is 0 Å². The minimum Gasteiger partial charge on any atom is -0.490 e. The van der Waals surface area contributed by atoms with E-state index in [9.17, 15) is 17.6 Å². The molecule has 14 heteroatoms. The van der Waals surface area contributed by atoms with Gasteiger partial charge in [-0.25, -0.2) is 23.4 Å².